The van der Waals surface area contributed by atoms with E-state index < -0.39 is 11.9 Å². The van der Waals surface area contributed by atoms with Gasteiger partial charge >= 0.3 is 11.9 Å². The summed E-state index contributed by atoms with van der Waals surface area (Å²) < 4.78 is 33.0. The number of hydrogen-bond acceptors (Lipinski definition) is 6. The minimum Gasteiger partial charge on any atom is -0.435 e. The summed E-state index contributed by atoms with van der Waals surface area (Å²) in [5, 5.41) is 0. The first kappa shape index (κ1) is 18.2. The zero-order valence-corrected chi connectivity index (χ0v) is 14.6. The standard InChI is InChI=1S/C14H21BrO6/c1-13(16-3,17-4)20-11-8-7-10(15)9-12(11)21-14(2,18-5)19-6/h7-9H,1-6H3. The summed E-state index contributed by atoms with van der Waals surface area (Å²) in [5.41, 5.74) is 0. The van der Waals surface area contributed by atoms with E-state index in [-0.39, 0.29) is 0 Å². The highest BCUT2D eigenvalue weighted by atomic mass is 79.9. The van der Waals surface area contributed by atoms with Gasteiger partial charge in [-0.1, -0.05) is 15.9 Å². The molecule has 0 heterocycles. The Kier molecular flexibility index (Phi) is 6.42. The Balaban J connectivity index is 3.11. The molecular weight excluding hydrogens is 344 g/mol. The van der Waals surface area contributed by atoms with Gasteiger partial charge in [-0.3, -0.25) is 0 Å². The van der Waals surface area contributed by atoms with E-state index in [1.165, 1.54) is 28.4 Å². The van der Waals surface area contributed by atoms with Crippen molar-refractivity contribution in [2.45, 2.75) is 25.8 Å². The second-order valence-corrected chi connectivity index (χ2v) is 5.25. The molecule has 0 fully saturated rings. The second-order valence-electron chi connectivity index (χ2n) is 4.34. The Hall–Kier alpha value is -0.860. The van der Waals surface area contributed by atoms with Crippen LogP contribution in [-0.4, -0.2) is 40.4 Å². The van der Waals surface area contributed by atoms with Gasteiger partial charge in [0.2, 0.25) is 0 Å². The van der Waals surface area contributed by atoms with Crippen molar-refractivity contribution in [3.63, 3.8) is 0 Å². The number of halogens is 1. The Morgan fingerprint density at radius 1 is 0.762 bits per heavy atom. The van der Waals surface area contributed by atoms with Crippen LogP contribution in [0.3, 0.4) is 0 Å². The molecule has 0 radical (unpaired) electrons. The van der Waals surface area contributed by atoms with Crippen molar-refractivity contribution < 1.29 is 28.4 Å². The molecule has 0 aliphatic carbocycles. The van der Waals surface area contributed by atoms with Crippen molar-refractivity contribution in [2.75, 3.05) is 28.4 Å². The highest BCUT2D eigenvalue weighted by Crippen LogP contribution is 2.36. The van der Waals surface area contributed by atoms with E-state index >= 15 is 0 Å². The summed E-state index contributed by atoms with van der Waals surface area (Å²) in [4.78, 5) is 0. The van der Waals surface area contributed by atoms with Crippen LogP contribution in [0.1, 0.15) is 13.8 Å². The van der Waals surface area contributed by atoms with E-state index in [9.17, 15) is 0 Å². The summed E-state index contributed by atoms with van der Waals surface area (Å²) in [5.74, 6) is -1.64. The van der Waals surface area contributed by atoms with Crippen LogP contribution in [0.2, 0.25) is 0 Å². The van der Waals surface area contributed by atoms with E-state index in [0.717, 1.165) is 4.47 Å². The van der Waals surface area contributed by atoms with Crippen molar-refractivity contribution >= 4 is 15.9 Å². The number of ether oxygens (including phenoxy) is 6. The van der Waals surface area contributed by atoms with Crippen LogP contribution in [-0.2, 0) is 18.9 Å². The number of rotatable bonds is 8. The van der Waals surface area contributed by atoms with Gasteiger partial charge in [0.05, 0.1) is 0 Å². The summed E-state index contributed by atoms with van der Waals surface area (Å²) in [6.45, 7) is 3.29. The summed E-state index contributed by atoms with van der Waals surface area (Å²) in [6, 6.07) is 5.27. The molecule has 1 rings (SSSR count). The lowest BCUT2D eigenvalue weighted by atomic mass is 10.3. The van der Waals surface area contributed by atoms with Gasteiger partial charge in [0.15, 0.2) is 11.5 Å². The normalized spacial score (nSPS) is 12.3. The third-order valence-electron chi connectivity index (χ3n) is 2.98. The molecule has 1 aromatic carbocycles. The summed E-state index contributed by atoms with van der Waals surface area (Å²) in [7, 11) is 5.93. The molecule has 6 nitrogen and oxygen atoms in total. The molecule has 0 unspecified atom stereocenters. The van der Waals surface area contributed by atoms with Crippen LogP contribution in [0.5, 0.6) is 11.5 Å². The first-order valence-corrected chi connectivity index (χ1v) is 6.99. The molecule has 0 saturated carbocycles. The number of benzene rings is 1. The molecule has 0 N–H and O–H groups in total. The first-order valence-electron chi connectivity index (χ1n) is 6.19. The Morgan fingerprint density at radius 3 is 1.62 bits per heavy atom. The van der Waals surface area contributed by atoms with Crippen LogP contribution >= 0.6 is 15.9 Å². The summed E-state index contributed by atoms with van der Waals surface area (Å²) >= 11 is 3.38. The maximum Gasteiger partial charge on any atom is 0.323 e. The van der Waals surface area contributed by atoms with Crippen molar-refractivity contribution in [1.29, 1.82) is 0 Å². The molecule has 7 heteroatoms. The van der Waals surface area contributed by atoms with Gasteiger partial charge in [-0.15, -0.1) is 0 Å². The van der Waals surface area contributed by atoms with Crippen molar-refractivity contribution in [1.82, 2.24) is 0 Å². The van der Waals surface area contributed by atoms with Crippen LogP contribution in [0, 0.1) is 0 Å². The molecule has 120 valence electrons. The number of methoxy groups -OCH3 is 4. The fraction of sp³-hybridized carbons (Fsp3) is 0.571. The van der Waals surface area contributed by atoms with E-state index in [2.05, 4.69) is 15.9 Å². The van der Waals surface area contributed by atoms with Crippen molar-refractivity contribution in [3.05, 3.63) is 22.7 Å². The SMILES string of the molecule is COC(C)(OC)Oc1ccc(Br)cc1OC(C)(OC)OC. The molecule has 0 saturated heterocycles. The van der Waals surface area contributed by atoms with Crippen LogP contribution in [0.15, 0.2) is 22.7 Å². The zero-order valence-electron chi connectivity index (χ0n) is 13.1. The van der Waals surface area contributed by atoms with Gasteiger partial charge in [-0.05, 0) is 18.2 Å². The molecule has 0 spiro atoms. The summed E-state index contributed by atoms with van der Waals surface area (Å²) in [6.07, 6.45) is 0. The Labute approximate surface area is 133 Å². The quantitative estimate of drug-likeness (QED) is 0.660. The predicted molar refractivity (Wildman–Crippen MR) is 80.2 cm³/mol. The lowest BCUT2D eigenvalue weighted by molar-refractivity contribution is -0.319. The molecule has 1 aromatic rings. The third-order valence-corrected chi connectivity index (χ3v) is 3.47. The average molecular weight is 365 g/mol. The third kappa shape index (κ3) is 4.82. The molecule has 0 aliphatic rings. The van der Waals surface area contributed by atoms with E-state index in [4.69, 9.17) is 28.4 Å². The second kappa shape index (κ2) is 7.42. The van der Waals surface area contributed by atoms with Crippen molar-refractivity contribution in [2.24, 2.45) is 0 Å². The Bertz CT molecular complexity index is 457. The minimum absolute atomic E-state index is 0.413. The van der Waals surface area contributed by atoms with Gasteiger partial charge in [-0.25, -0.2) is 0 Å². The smallest absolute Gasteiger partial charge is 0.323 e. The van der Waals surface area contributed by atoms with Crippen molar-refractivity contribution in [3.8, 4) is 11.5 Å². The monoisotopic (exact) mass is 364 g/mol. The number of hydrogen-bond donors (Lipinski definition) is 0. The highest BCUT2D eigenvalue weighted by Gasteiger charge is 2.30. The fourth-order valence-corrected chi connectivity index (χ4v) is 1.72. The maximum absolute atomic E-state index is 5.74. The molecule has 0 aromatic heterocycles. The molecule has 0 amide bonds. The average Bonchev–Trinajstić information content (AvgIpc) is 2.49. The highest BCUT2D eigenvalue weighted by molar-refractivity contribution is 9.10. The van der Waals surface area contributed by atoms with Crippen LogP contribution in [0.25, 0.3) is 0 Å². The predicted octanol–water partition coefficient (Wildman–Crippen LogP) is 3.14. The van der Waals surface area contributed by atoms with E-state index in [1.807, 2.05) is 6.07 Å². The van der Waals surface area contributed by atoms with Gasteiger partial charge in [0, 0.05) is 46.8 Å². The molecule has 21 heavy (non-hydrogen) atoms. The molecule has 0 aliphatic heterocycles. The lowest BCUT2D eigenvalue weighted by Gasteiger charge is -2.30. The molecule has 0 bridgehead atoms. The van der Waals surface area contributed by atoms with Gasteiger partial charge in [0.25, 0.3) is 0 Å². The van der Waals surface area contributed by atoms with E-state index in [1.54, 1.807) is 26.0 Å². The molecule has 0 atom stereocenters. The fourth-order valence-electron chi connectivity index (χ4n) is 1.38. The van der Waals surface area contributed by atoms with Crippen LogP contribution in [0.4, 0.5) is 0 Å². The van der Waals surface area contributed by atoms with Gasteiger partial charge < -0.3 is 28.4 Å². The van der Waals surface area contributed by atoms with Gasteiger partial charge in [-0.2, -0.15) is 0 Å². The van der Waals surface area contributed by atoms with E-state index in [0.29, 0.717) is 11.5 Å². The van der Waals surface area contributed by atoms with Gasteiger partial charge in [0.1, 0.15) is 0 Å². The van der Waals surface area contributed by atoms with Crippen LogP contribution < -0.4 is 9.47 Å². The largest absolute Gasteiger partial charge is 0.435 e. The Morgan fingerprint density at radius 2 is 1.19 bits per heavy atom. The minimum atomic E-state index is -1.24. The topological polar surface area (TPSA) is 55.4 Å². The maximum atomic E-state index is 5.74. The molecular formula is C14H21BrO6. The first-order chi connectivity index (χ1) is 9.81. The zero-order chi connectivity index (χ0) is 16.1. The lowest BCUT2D eigenvalue weighted by Crippen LogP contribution is -2.38.